The monoisotopic (exact) mass is 368 g/mol. The van der Waals surface area contributed by atoms with Crippen molar-refractivity contribution < 1.29 is 4.79 Å². The highest BCUT2D eigenvalue weighted by atomic mass is 35.5. The lowest BCUT2D eigenvalue weighted by molar-refractivity contribution is -0.122. The Hall–Kier alpha value is -1.30. The second-order valence-electron chi connectivity index (χ2n) is 6.71. The summed E-state index contributed by atoms with van der Waals surface area (Å²) in [5.41, 5.74) is 8.44. The fraction of sp³-hybridized carbons (Fsp3) is 0.632. The van der Waals surface area contributed by atoms with Crippen LogP contribution in [0.5, 0.6) is 0 Å². The Morgan fingerprint density at radius 2 is 2.00 bits per heavy atom. The van der Waals surface area contributed by atoms with Crippen LogP contribution in [0.2, 0.25) is 0 Å². The molecule has 3 N–H and O–H groups in total. The number of nitrogens with zero attached hydrogens (tertiary/aromatic N) is 2. The van der Waals surface area contributed by atoms with Gasteiger partial charge in [-0.2, -0.15) is 0 Å². The second kappa shape index (κ2) is 11.3. The van der Waals surface area contributed by atoms with Crippen LogP contribution in [0.15, 0.2) is 24.3 Å². The van der Waals surface area contributed by atoms with E-state index in [1.807, 2.05) is 6.92 Å². The quantitative estimate of drug-likeness (QED) is 0.690. The molecule has 0 bridgehead atoms. The van der Waals surface area contributed by atoms with E-state index in [2.05, 4.69) is 46.3 Å². The lowest BCUT2D eigenvalue weighted by atomic mass is 10.1. The minimum atomic E-state index is -0.354. The maximum Gasteiger partial charge on any atom is 0.236 e. The molecular formula is C19H33ClN4O. The highest BCUT2D eigenvalue weighted by molar-refractivity contribution is 5.85. The summed E-state index contributed by atoms with van der Waals surface area (Å²) < 4.78 is 0. The predicted octanol–water partition coefficient (Wildman–Crippen LogP) is 2.17. The molecule has 1 heterocycles. The van der Waals surface area contributed by atoms with E-state index in [-0.39, 0.29) is 24.4 Å². The number of nitrogens with two attached hydrogens (primary N) is 1. The molecule has 1 fully saturated rings. The van der Waals surface area contributed by atoms with Gasteiger partial charge in [-0.1, -0.05) is 25.5 Å². The lowest BCUT2D eigenvalue weighted by Gasteiger charge is -2.36. The summed E-state index contributed by atoms with van der Waals surface area (Å²) in [6.07, 6.45) is 2.68. The smallest absolute Gasteiger partial charge is 0.236 e. The topological polar surface area (TPSA) is 61.6 Å². The van der Waals surface area contributed by atoms with E-state index in [1.54, 1.807) is 0 Å². The van der Waals surface area contributed by atoms with Crippen molar-refractivity contribution in [3.05, 3.63) is 29.8 Å². The molecule has 0 saturated carbocycles. The summed E-state index contributed by atoms with van der Waals surface area (Å²) in [5.74, 6) is -0.0129. The van der Waals surface area contributed by atoms with Gasteiger partial charge in [0.15, 0.2) is 0 Å². The molecule has 1 aliphatic rings. The van der Waals surface area contributed by atoms with Gasteiger partial charge in [-0.05, 0) is 44.0 Å². The molecule has 1 aromatic rings. The summed E-state index contributed by atoms with van der Waals surface area (Å²) in [4.78, 5) is 16.7. The van der Waals surface area contributed by atoms with E-state index in [1.165, 1.54) is 11.3 Å². The molecule has 25 heavy (non-hydrogen) atoms. The Kier molecular flexibility index (Phi) is 9.86. The average Bonchev–Trinajstić information content (AvgIpc) is 2.59. The molecule has 2 rings (SSSR count). The van der Waals surface area contributed by atoms with Crippen LogP contribution in [0.25, 0.3) is 0 Å². The molecule has 0 spiro atoms. The first-order chi connectivity index (χ1) is 11.6. The second-order valence-corrected chi connectivity index (χ2v) is 6.71. The Bertz CT molecular complexity index is 518. The fourth-order valence-electron chi connectivity index (χ4n) is 3.14. The van der Waals surface area contributed by atoms with Crippen LogP contribution in [0.4, 0.5) is 5.69 Å². The Labute approximate surface area is 158 Å². The van der Waals surface area contributed by atoms with Crippen molar-refractivity contribution >= 4 is 24.0 Å². The van der Waals surface area contributed by atoms with Gasteiger partial charge in [0.25, 0.3) is 0 Å². The third kappa shape index (κ3) is 7.22. The molecule has 0 aliphatic carbocycles. The van der Waals surface area contributed by atoms with Crippen LogP contribution in [-0.4, -0.2) is 56.1 Å². The Balaban J connectivity index is 0.00000312. The third-order valence-electron chi connectivity index (χ3n) is 4.63. The van der Waals surface area contributed by atoms with Crippen LogP contribution in [0.1, 0.15) is 31.7 Å². The number of carbonyl (C=O) groups excluding carboxylic acids is 1. The van der Waals surface area contributed by atoms with Crippen molar-refractivity contribution in [1.82, 2.24) is 10.2 Å². The molecule has 0 radical (unpaired) electrons. The summed E-state index contributed by atoms with van der Waals surface area (Å²) >= 11 is 0. The van der Waals surface area contributed by atoms with E-state index < -0.39 is 0 Å². The van der Waals surface area contributed by atoms with Crippen molar-refractivity contribution in [3.8, 4) is 0 Å². The Morgan fingerprint density at radius 1 is 1.28 bits per heavy atom. The number of nitrogens with one attached hydrogen (secondary N) is 1. The van der Waals surface area contributed by atoms with Gasteiger partial charge in [-0.3, -0.25) is 9.69 Å². The van der Waals surface area contributed by atoms with Gasteiger partial charge in [-0.25, -0.2) is 0 Å². The molecule has 5 nitrogen and oxygen atoms in total. The average molecular weight is 369 g/mol. The van der Waals surface area contributed by atoms with E-state index in [4.69, 9.17) is 5.73 Å². The molecule has 1 unspecified atom stereocenters. The van der Waals surface area contributed by atoms with Crippen LogP contribution in [0, 0.1) is 6.92 Å². The fourth-order valence-corrected chi connectivity index (χ4v) is 3.14. The highest BCUT2D eigenvalue weighted by Crippen LogP contribution is 2.17. The number of carbonyl (C=O) groups is 1. The number of benzene rings is 1. The number of amides is 1. The van der Waals surface area contributed by atoms with E-state index in [0.29, 0.717) is 6.54 Å². The molecule has 1 aromatic carbocycles. The summed E-state index contributed by atoms with van der Waals surface area (Å²) in [5, 5.41) is 2.95. The molecule has 142 valence electrons. The first-order valence-electron chi connectivity index (χ1n) is 9.17. The third-order valence-corrected chi connectivity index (χ3v) is 4.63. The van der Waals surface area contributed by atoms with Crippen molar-refractivity contribution in [2.75, 3.05) is 44.2 Å². The molecule has 1 amide bonds. The first-order valence-corrected chi connectivity index (χ1v) is 9.17. The Morgan fingerprint density at radius 3 is 2.64 bits per heavy atom. The van der Waals surface area contributed by atoms with Crippen molar-refractivity contribution in [1.29, 1.82) is 0 Å². The van der Waals surface area contributed by atoms with Crippen molar-refractivity contribution in [3.63, 3.8) is 0 Å². The van der Waals surface area contributed by atoms with E-state index >= 15 is 0 Å². The number of aryl methyl sites for hydroxylation is 1. The lowest BCUT2D eigenvalue weighted by Crippen LogP contribution is -2.47. The van der Waals surface area contributed by atoms with E-state index in [0.717, 1.165) is 52.0 Å². The highest BCUT2D eigenvalue weighted by Gasteiger charge is 2.17. The number of halogens is 1. The number of hydrogen-bond donors (Lipinski definition) is 2. The zero-order valence-electron chi connectivity index (χ0n) is 15.5. The number of rotatable bonds is 8. The molecule has 1 saturated heterocycles. The predicted molar refractivity (Wildman–Crippen MR) is 108 cm³/mol. The number of piperazine rings is 1. The zero-order valence-corrected chi connectivity index (χ0v) is 16.4. The van der Waals surface area contributed by atoms with Crippen molar-refractivity contribution in [2.45, 2.75) is 39.2 Å². The van der Waals surface area contributed by atoms with Gasteiger partial charge in [0.05, 0.1) is 6.04 Å². The molecule has 1 aliphatic heterocycles. The standard InChI is InChI=1S/C19H32N4O.ClH/c1-3-6-18(20)19(24)21-9-5-10-22-11-13-23(14-12-22)17-8-4-7-16(2)15-17;/h4,7-8,15,18H,3,5-6,9-14,20H2,1-2H3,(H,21,24);1H. The minimum absolute atomic E-state index is 0. The van der Waals surface area contributed by atoms with Crippen LogP contribution < -0.4 is 16.0 Å². The SMILES string of the molecule is CCCC(N)C(=O)NCCCN1CCN(c2cccc(C)c2)CC1.Cl. The summed E-state index contributed by atoms with van der Waals surface area (Å²) in [6.45, 7) is 10.2. The molecular weight excluding hydrogens is 336 g/mol. The maximum absolute atomic E-state index is 11.8. The van der Waals surface area contributed by atoms with Gasteiger partial charge >= 0.3 is 0 Å². The number of anilines is 1. The van der Waals surface area contributed by atoms with Gasteiger partial charge in [-0.15, -0.1) is 12.4 Å². The molecule has 6 heteroatoms. The van der Waals surface area contributed by atoms with Gasteiger partial charge in [0.2, 0.25) is 5.91 Å². The largest absolute Gasteiger partial charge is 0.369 e. The van der Waals surface area contributed by atoms with Gasteiger partial charge in [0.1, 0.15) is 0 Å². The first kappa shape index (κ1) is 21.7. The minimum Gasteiger partial charge on any atom is -0.369 e. The zero-order chi connectivity index (χ0) is 17.4. The molecule has 0 aromatic heterocycles. The van der Waals surface area contributed by atoms with Crippen LogP contribution in [-0.2, 0) is 4.79 Å². The van der Waals surface area contributed by atoms with Crippen LogP contribution >= 0.6 is 12.4 Å². The van der Waals surface area contributed by atoms with Gasteiger partial charge in [0, 0.05) is 38.4 Å². The molecule has 1 atom stereocenters. The van der Waals surface area contributed by atoms with Gasteiger partial charge < -0.3 is 16.0 Å². The number of hydrogen-bond acceptors (Lipinski definition) is 4. The van der Waals surface area contributed by atoms with E-state index in [9.17, 15) is 4.79 Å². The maximum atomic E-state index is 11.8. The van der Waals surface area contributed by atoms with Crippen LogP contribution in [0.3, 0.4) is 0 Å². The summed E-state index contributed by atoms with van der Waals surface area (Å²) in [7, 11) is 0. The van der Waals surface area contributed by atoms with Crippen molar-refractivity contribution in [2.24, 2.45) is 5.73 Å². The summed E-state index contributed by atoms with van der Waals surface area (Å²) in [6, 6.07) is 8.36. The normalized spacial score (nSPS) is 16.2.